The molecule has 2 heteroatoms. The van der Waals surface area contributed by atoms with Gasteiger partial charge in [0.15, 0.2) is 0 Å². The lowest BCUT2D eigenvalue weighted by Crippen LogP contribution is -2.21. The van der Waals surface area contributed by atoms with Crippen molar-refractivity contribution in [1.29, 1.82) is 0 Å². The molecule has 1 aliphatic rings. The van der Waals surface area contributed by atoms with Gasteiger partial charge in [0, 0.05) is 12.8 Å². The smallest absolute Gasteiger partial charge is 0.133 e. The summed E-state index contributed by atoms with van der Waals surface area (Å²) in [5, 5.41) is 0. The molecule has 0 aliphatic heterocycles. The third kappa shape index (κ3) is 3.18. The van der Waals surface area contributed by atoms with Crippen LogP contribution in [0.3, 0.4) is 0 Å². The zero-order valence-corrected chi connectivity index (χ0v) is 7.42. The Hall–Kier alpha value is -0.630. The first kappa shape index (κ1) is 9.46. The Morgan fingerprint density at radius 1 is 1.50 bits per heavy atom. The average molecular weight is 168 g/mol. The summed E-state index contributed by atoms with van der Waals surface area (Å²) in [7, 11) is 0. The Balaban J connectivity index is 2.09. The van der Waals surface area contributed by atoms with Gasteiger partial charge < -0.3 is 4.74 Å². The Labute approximate surface area is 73.6 Å². The number of rotatable bonds is 4. The van der Waals surface area contributed by atoms with Gasteiger partial charge in [-0.2, -0.15) is 0 Å². The van der Waals surface area contributed by atoms with Gasteiger partial charge >= 0.3 is 0 Å². The number of ether oxygens (including phenoxy) is 1. The molecule has 0 N–H and O–H groups in total. The lowest BCUT2D eigenvalue weighted by atomic mass is 9.96. The molecule has 1 fully saturated rings. The average Bonchev–Trinajstić information content (AvgIpc) is 2.09. The van der Waals surface area contributed by atoms with E-state index >= 15 is 0 Å². The number of carbonyl (C=O) groups is 1. The fourth-order valence-electron chi connectivity index (χ4n) is 1.40. The van der Waals surface area contributed by atoms with Gasteiger partial charge in [-0.05, 0) is 19.3 Å². The fraction of sp³-hybridized carbons (Fsp3) is 0.700. The maximum atomic E-state index is 10.9. The summed E-state index contributed by atoms with van der Waals surface area (Å²) >= 11 is 0. The Morgan fingerprint density at radius 2 is 2.17 bits per heavy atom. The number of ketones is 1. The summed E-state index contributed by atoms with van der Waals surface area (Å²) in [5.41, 5.74) is 0. The van der Waals surface area contributed by atoms with E-state index in [1.54, 1.807) is 0 Å². The second-order valence-electron chi connectivity index (χ2n) is 3.19. The highest BCUT2D eigenvalue weighted by molar-refractivity contribution is 5.79. The van der Waals surface area contributed by atoms with E-state index in [0.717, 1.165) is 25.9 Å². The van der Waals surface area contributed by atoms with Gasteiger partial charge in [-0.1, -0.05) is 6.08 Å². The largest absolute Gasteiger partial charge is 0.378 e. The molecule has 0 unspecified atom stereocenters. The summed E-state index contributed by atoms with van der Waals surface area (Å²) in [4.78, 5) is 10.9. The molecule has 0 aromatic heterocycles. The molecule has 0 saturated heterocycles. The van der Waals surface area contributed by atoms with E-state index in [0.29, 0.717) is 24.7 Å². The molecule has 0 amide bonds. The zero-order chi connectivity index (χ0) is 8.81. The summed E-state index contributed by atoms with van der Waals surface area (Å²) in [6.45, 7) is 4.37. The summed E-state index contributed by atoms with van der Waals surface area (Å²) in [5.74, 6) is 0.388. The molecule has 0 radical (unpaired) electrons. The summed E-state index contributed by atoms with van der Waals surface area (Å²) in [6, 6.07) is 0. The van der Waals surface area contributed by atoms with Crippen molar-refractivity contribution in [1.82, 2.24) is 0 Å². The molecule has 1 rings (SSSR count). The van der Waals surface area contributed by atoms with Crippen LogP contribution in [0.2, 0.25) is 0 Å². The normalized spacial score (nSPS) is 19.5. The molecule has 1 aliphatic carbocycles. The van der Waals surface area contributed by atoms with E-state index in [-0.39, 0.29) is 0 Å². The van der Waals surface area contributed by atoms with Crippen LogP contribution in [0.5, 0.6) is 0 Å². The molecule has 2 nitrogen and oxygen atoms in total. The van der Waals surface area contributed by atoms with Crippen molar-refractivity contribution in [2.24, 2.45) is 0 Å². The number of hydrogen-bond donors (Lipinski definition) is 0. The molecule has 0 spiro atoms. The highest BCUT2D eigenvalue weighted by Gasteiger charge is 2.18. The van der Waals surface area contributed by atoms with Crippen LogP contribution in [0.15, 0.2) is 12.7 Å². The predicted octanol–water partition coefficient (Wildman–Crippen LogP) is 2.09. The monoisotopic (exact) mass is 168 g/mol. The van der Waals surface area contributed by atoms with Crippen LogP contribution in [0, 0.1) is 0 Å². The summed E-state index contributed by atoms with van der Waals surface area (Å²) < 4.78 is 5.55. The highest BCUT2D eigenvalue weighted by atomic mass is 16.5. The SMILES string of the molecule is C=CCCOC1CCC(=O)CC1. The van der Waals surface area contributed by atoms with Crippen molar-refractivity contribution in [2.45, 2.75) is 38.2 Å². The maximum Gasteiger partial charge on any atom is 0.133 e. The van der Waals surface area contributed by atoms with E-state index in [1.165, 1.54) is 0 Å². The van der Waals surface area contributed by atoms with Gasteiger partial charge in [0.1, 0.15) is 5.78 Å². The van der Waals surface area contributed by atoms with E-state index in [2.05, 4.69) is 6.58 Å². The van der Waals surface area contributed by atoms with Gasteiger partial charge in [-0.25, -0.2) is 0 Å². The van der Waals surface area contributed by atoms with Gasteiger partial charge in [-0.15, -0.1) is 6.58 Å². The fourth-order valence-corrected chi connectivity index (χ4v) is 1.40. The predicted molar refractivity (Wildman–Crippen MR) is 48.0 cm³/mol. The lowest BCUT2D eigenvalue weighted by Gasteiger charge is -2.20. The number of hydrogen-bond acceptors (Lipinski definition) is 2. The molecule has 0 aromatic rings. The van der Waals surface area contributed by atoms with Crippen LogP contribution >= 0.6 is 0 Å². The minimum Gasteiger partial charge on any atom is -0.378 e. The zero-order valence-electron chi connectivity index (χ0n) is 7.42. The van der Waals surface area contributed by atoms with E-state index in [1.807, 2.05) is 6.08 Å². The first-order chi connectivity index (χ1) is 5.83. The second kappa shape index (κ2) is 5.09. The molecule has 12 heavy (non-hydrogen) atoms. The minimum atomic E-state index is 0.322. The Morgan fingerprint density at radius 3 is 2.75 bits per heavy atom. The van der Waals surface area contributed by atoms with Crippen molar-refractivity contribution < 1.29 is 9.53 Å². The van der Waals surface area contributed by atoms with Gasteiger partial charge in [0.2, 0.25) is 0 Å². The summed E-state index contributed by atoms with van der Waals surface area (Å²) in [6.07, 6.45) is 6.32. The topological polar surface area (TPSA) is 26.3 Å². The van der Waals surface area contributed by atoms with Crippen LogP contribution in [-0.2, 0) is 9.53 Å². The van der Waals surface area contributed by atoms with Crippen molar-refractivity contribution in [3.05, 3.63) is 12.7 Å². The molecule has 68 valence electrons. The second-order valence-corrected chi connectivity index (χ2v) is 3.19. The van der Waals surface area contributed by atoms with Crippen LogP contribution < -0.4 is 0 Å². The molecule has 1 saturated carbocycles. The molecule has 0 heterocycles. The third-order valence-corrected chi connectivity index (χ3v) is 2.17. The van der Waals surface area contributed by atoms with Gasteiger partial charge in [-0.3, -0.25) is 4.79 Å². The van der Waals surface area contributed by atoms with E-state index < -0.39 is 0 Å². The molecule has 0 aromatic carbocycles. The van der Waals surface area contributed by atoms with Crippen molar-refractivity contribution in [2.75, 3.05) is 6.61 Å². The van der Waals surface area contributed by atoms with E-state index in [9.17, 15) is 4.79 Å². The lowest BCUT2D eigenvalue weighted by molar-refractivity contribution is -0.122. The number of Topliss-reactive ketones (excluding diaryl/α,β-unsaturated/α-hetero) is 1. The Bertz CT molecular complexity index is 153. The Kier molecular flexibility index (Phi) is 4.01. The van der Waals surface area contributed by atoms with Crippen molar-refractivity contribution in [3.8, 4) is 0 Å². The van der Waals surface area contributed by atoms with Crippen molar-refractivity contribution in [3.63, 3.8) is 0 Å². The third-order valence-electron chi connectivity index (χ3n) is 2.17. The van der Waals surface area contributed by atoms with Gasteiger partial charge in [0.25, 0.3) is 0 Å². The number of carbonyl (C=O) groups excluding carboxylic acids is 1. The first-order valence-corrected chi connectivity index (χ1v) is 4.57. The molecular formula is C10H16O2. The maximum absolute atomic E-state index is 10.9. The van der Waals surface area contributed by atoms with E-state index in [4.69, 9.17) is 4.74 Å². The molecular weight excluding hydrogens is 152 g/mol. The van der Waals surface area contributed by atoms with Crippen LogP contribution in [0.4, 0.5) is 0 Å². The van der Waals surface area contributed by atoms with Crippen LogP contribution in [0.1, 0.15) is 32.1 Å². The van der Waals surface area contributed by atoms with Crippen LogP contribution in [0.25, 0.3) is 0 Å². The standard InChI is InChI=1S/C10H16O2/c1-2-3-8-12-10-6-4-9(11)5-7-10/h2,10H,1,3-8H2. The first-order valence-electron chi connectivity index (χ1n) is 4.57. The minimum absolute atomic E-state index is 0.322. The molecule has 0 bridgehead atoms. The van der Waals surface area contributed by atoms with Gasteiger partial charge in [0.05, 0.1) is 12.7 Å². The van der Waals surface area contributed by atoms with Crippen LogP contribution in [-0.4, -0.2) is 18.5 Å². The highest BCUT2D eigenvalue weighted by Crippen LogP contribution is 2.17. The molecule has 0 atom stereocenters. The quantitative estimate of drug-likeness (QED) is 0.474. The van der Waals surface area contributed by atoms with Crippen molar-refractivity contribution >= 4 is 5.78 Å².